The summed E-state index contributed by atoms with van der Waals surface area (Å²) in [6.07, 6.45) is 0. The molecule has 1 amide bonds. The topological polar surface area (TPSA) is 68.3 Å². The third-order valence-electron chi connectivity index (χ3n) is 2.66. The number of hydrogen-bond acceptors (Lipinski definition) is 3. The fourth-order valence-electron chi connectivity index (χ4n) is 1.72. The maximum absolute atomic E-state index is 12.0. The number of hydrogen-bond donors (Lipinski definition) is 2. The van der Waals surface area contributed by atoms with Gasteiger partial charge in [0, 0.05) is 0 Å². The quantitative estimate of drug-likeness (QED) is 0.840. The van der Waals surface area contributed by atoms with Crippen molar-refractivity contribution in [3.63, 3.8) is 0 Å². The van der Waals surface area contributed by atoms with Crippen molar-refractivity contribution < 1.29 is 9.21 Å². The lowest BCUT2D eigenvalue weighted by Crippen LogP contribution is -2.36. The predicted molar refractivity (Wildman–Crippen MR) is 76.9 cm³/mol. The van der Waals surface area contributed by atoms with Gasteiger partial charge in [0.1, 0.15) is 16.8 Å². The molecule has 0 spiro atoms. The van der Waals surface area contributed by atoms with Crippen LogP contribution in [-0.2, 0) is 0 Å². The molecule has 98 valence electrons. The predicted octanol–water partition coefficient (Wildman–Crippen LogP) is 2.35. The van der Waals surface area contributed by atoms with E-state index in [1.807, 2.05) is 30.3 Å². The normalized spacial score (nSPS) is 11.8. The van der Waals surface area contributed by atoms with Gasteiger partial charge in [-0.25, -0.2) is 0 Å². The van der Waals surface area contributed by atoms with Crippen LogP contribution in [0, 0.1) is 6.92 Å². The van der Waals surface area contributed by atoms with Crippen LogP contribution >= 0.6 is 12.2 Å². The van der Waals surface area contributed by atoms with Gasteiger partial charge in [0.05, 0.1) is 0 Å². The van der Waals surface area contributed by atoms with Crippen LogP contribution in [0.3, 0.4) is 0 Å². The van der Waals surface area contributed by atoms with Crippen LogP contribution in [0.4, 0.5) is 0 Å². The molecule has 3 N–H and O–H groups in total. The first-order valence-electron chi connectivity index (χ1n) is 5.79. The van der Waals surface area contributed by atoms with Crippen molar-refractivity contribution in [2.75, 3.05) is 0 Å². The Balaban J connectivity index is 2.18. The van der Waals surface area contributed by atoms with Gasteiger partial charge in [-0.05, 0) is 24.6 Å². The highest BCUT2D eigenvalue weighted by atomic mass is 32.1. The van der Waals surface area contributed by atoms with Crippen LogP contribution in [0.5, 0.6) is 0 Å². The molecule has 0 aliphatic rings. The SMILES string of the molecule is Cc1ccc(C(=O)NC(C(N)=S)c2ccccc2)o1. The molecule has 0 saturated carbocycles. The average molecular weight is 274 g/mol. The highest BCUT2D eigenvalue weighted by Gasteiger charge is 2.19. The molecule has 0 radical (unpaired) electrons. The Morgan fingerprint density at radius 2 is 1.95 bits per heavy atom. The summed E-state index contributed by atoms with van der Waals surface area (Å²) in [5.41, 5.74) is 6.53. The third kappa shape index (κ3) is 3.20. The van der Waals surface area contributed by atoms with Crippen LogP contribution in [0.25, 0.3) is 0 Å². The van der Waals surface area contributed by atoms with E-state index in [1.54, 1.807) is 19.1 Å². The van der Waals surface area contributed by atoms with Crippen molar-refractivity contribution >= 4 is 23.1 Å². The zero-order valence-electron chi connectivity index (χ0n) is 10.4. The van der Waals surface area contributed by atoms with Gasteiger partial charge in [-0.1, -0.05) is 42.5 Å². The lowest BCUT2D eigenvalue weighted by atomic mass is 10.1. The maximum atomic E-state index is 12.0. The lowest BCUT2D eigenvalue weighted by Gasteiger charge is -2.17. The summed E-state index contributed by atoms with van der Waals surface area (Å²) in [6.45, 7) is 1.78. The molecule has 1 aromatic heterocycles. The molecule has 5 heteroatoms. The van der Waals surface area contributed by atoms with Gasteiger partial charge in [0.15, 0.2) is 5.76 Å². The van der Waals surface area contributed by atoms with E-state index in [0.29, 0.717) is 5.76 Å². The summed E-state index contributed by atoms with van der Waals surface area (Å²) in [6, 6.07) is 12.2. The highest BCUT2D eigenvalue weighted by Crippen LogP contribution is 2.14. The number of carbonyl (C=O) groups excluding carboxylic acids is 1. The van der Waals surface area contributed by atoms with Crippen LogP contribution < -0.4 is 11.1 Å². The molecule has 2 aromatic rings. The van der Waals surface area contributed by atoms with Gasteiger partial charge in [-0.2, -0.15) is 0 Å². The summed E-state index contributed by atoms with van der Waals surface area (Å²) in [5.74, 6) is 0.584. The number of nitrogens with two attached hydrogens (primary N) is 1. The number of rotatable bonds is 4. The number of benzene rings is 1. The molecule has 0 aliphatic carbocycles. The maximum Gasteiger partial charge on any atom is 0.287 e. The van der Waals surface area contributed by atoms with Crippen molar-refractivity contribution in [1.29, 1.82) is 0 Å². The molecule has 1 atom stereocenters. The first-order valence-corrected chi connectivity index (χ1v) is 6.20. The van der Waals surface area contributed by atoms with E-state index in [0.717, 1.165) is 5.56 Å². The molecule has 4 nitrogen and oxygen atoms in total. The zero-order chi connectivity index (χ0) is 13.8. The summed E-state index contributed by atoms with van der Waals surface area (Å²) >= 11 is 5.00. The minimum atomic E-state index is -0.505. The smallest absolute Gasteiger partial charge is 0.287 e. The van der Waals surface area contributed by atoms with Gasteiger partial charge in [0.2, 0.25) is 0 Å². The van der Waals surface area contributed by atoms with Gasteiger partial charge in [-0.15, -0.1) is 0 Å². The Hall–Kier alpha value is -2.14. The lowest BCUT2D eigenvalue weighted by molar-refractivity contribution is 0.0917. The van der Waals surface area contributed by atoms with Crippen molar-refractivity contribution in [1.82, 2.24) is 5.32 Å². The van der Waals surface area contributed by atoms with Gasteiger partial charge in [0.25, 0.3) is 5.91 Å². The summed E-state index contributed by atoms with van der Waals surface area (Å²) < 4.78 is 5.27. The van der Waals surface area contributed by atoms with E-state index < -0.39 is 6.04 Å². The molecule has 0 saturated heterocycles. The summed E-state index contributed by atoms with van der Waals surface area (Å²) in [4.78, 5) is 12.2. The van der Waals surface area contributed by atoms with Gasteiger partial charge >= 0.3 is 0 Å². The van der Waals surface area contributed by atoms with Crippen LogP contribution in [0.1, 0.15) is 27.9 Å². The number of aryl methyl sites for hydroxylation is 1. The largest absolute Gasteiger partial charge is 0.456 e. The average Bonchev–Trinajstić information content (AvgIpc) is 2.83. The second-order valence-corrected chi connectivity index (χ2v) is 4.60. The van der Waals surface area contributed by atoms with Crippen molar-refractivity contribution in [3.05, 3.63) is 59.5 Å². The molecule has 0 aliphatic heterocycles. The Labute approximate surface area is 116 Å². The summed E-state index contributed by atoms with van der Waals surface area (Å²) in [5, 5.41) is 2.76. The highest BCUT2D eigenvalue weighted by molar-refractivity contribution is 7.80. The van der Waals surface area contributed by atoms with Gasteiger partial charge < -0.3 is 15.5 Å². The second kappa shape index (κ2) is 5.67. The number of amides is 1. The minimum absolute atomic E-state index is 0.211. The van der Waals surface area contributed by atoms with E-state index in [1.165, 1.54) is 0 Å². The molecular weight excluding hydrogens is 260 g/mol. The Kier molecular flexibility index (Phi) is 3.97. The van der Waals surface area contributed by atoms with E-state index in [-0.39, 0.29) is 16.7 Å². The van der Waals surface area contributed by atoms with Crippen LogP contribution in [0.15, 0.2) is 46.9 Å². The van der Waals surface area contributed by atoms with E-state index >= 15 is 0 Å². The minimum Gasteiger partial charge on any atom is -0.456 e. The summed E-state index contributed by atoms with van der Waals surface area (Å²) in [7, 11) is 0. The monoisotopic (exact) mass is 274 g/mol. The molecular formula is C14H14N2O2S. The van der Waals surface area contributed by atoms with Crippen molar-refractivity contribution in [2.24, 2.45) is 5.73 Å². The molecule has 0 bridgehead atoms. The Morgan fingerprint density at radius 1 is 1.26 bits per heavy atom. The number of carbonyl (C=O) groups is 1. The molecule has 1 aromatic carbocycles. The third-order valence-corrected chi connectivity index (χ3v) is 2.89. The Bertz CT molecular complexity index is 593. The van der Waals surface area contributed by atoms with Crippen LogP contribution in [-0.4, -0.2) is 10.9 Å². The first kappa shape index (κ1) is 13.3. The molecule has 1 heterocycles. The van der Waals surface area contributed by atoms with E-state index in [9.17, 15) is 4.79 Å². The Morgan fingerprint density at radius 3 is 2.47 bits per heavy atom. The fourth-order valence-corrected chi connectivity index (χ4v) is 1.92. The number of nitrogens with one attached hydrogen (secondary N) is 1. The standard InChI is InChI=1S/C14H14N2O2S/c1-9-7-8-11(18-9)14(17)16-12(13(15)19)10-5-3-2-4-6-10/h2-8,12H,1H3,(H2,15,19)(H,16,17). The first-order chi connectivity index (χ1) is 9.08. The number of thiocarbonyl (C=S) groups is 1. The molecule has 0 fully saturated rings. The number of furan rings is 1. The molecule has 19 heavy (non-hydrogen) atoms. The van der Waals surface area contributed by atoms with Crippen LogP contribution in [0.2, 0.25) is 0 Å². The second-order valence-electron chi connectivity index (χ2n) is 4.13. The van der Waals surface area contributed by atoms with Crippen molar-refractivity contribution in [3.8, 4) is 0 Å². The van der Waals surface area contributed by atoms with Crippen molar-refractivity contribution in [2.45, 2.75) is 13.0 Å². The molecule has 1 unspecified atom stereocenters. The molecule has 2 rings (SSSR count). The van der Waals surface area contributed by atoms with Gasteiger partial charge in [-0.3, -0.25) is 4.79 Å². The fraction of sp³-hybridized carbons (Fsp3) is 0.143. The van der Waals surface area contributed by atoms with E-state index in [4.69, 9.17) is 22.4 Å². The zero-order valence-corrected chi connectivity index (χ0v) is 11.2. The van der Waals surface area contributed by atoms with E-state index in [2.05, 4.69) is 5.32 Å².